The summed E-state index contributed by atoms with van der Waals surface area (Å²) in [5.41, 5.74) is 2.67. The SMILES string of the molecule is CCOC(=O)c1ccc(N=C2S[C@@H](CC(=O)Nc3ccc(OCC)cc3)C(=O)N2CCc2ccc(OC)cc2)cc1. The third kappa shape index (κ3) is 8.11. The van der Waals surface area contributed by atoms with E-state index in [-0.39, 0.29) is 18.2 Å². The number of nitrogens with zero attached hydrogens (tertiary/aromatic N) is 2. The number of ether oxygens (including phenoxy) is 3. The summed E-state index contributed by atoms with van der Waals surface area (Å²) in [6, 6.07) is 21.5. The molecule has 1 N–H and O–H groups in total. The summed E-state index contributed by atoms with van der Waals surface area (Å²) < 4.78 is 15.7. The predicted molar refractivity (Wildman–Crippen MR) is 160 cm³/mol. The molecule has 10 heteroatoms. The van der Waals surface area contributed by atoms with Crippen molar-refractivity contribution in [1.29, 1.82) is 0 Å². The van der Waals surface area contributed by atoms with Gasteiger partial charge >= 0.3 is 5.97 Å². The molecular weight excluding hydrogens is 542 g/mol. The van der Waals surface area contributed by atoms with E-state index in [0.717, 1.165) is 17.1 Å². The third-order valence-corrected chi connectivity index (χ3v) is 7.40. The Bertz CT molecular complexity index is 1370. The highest BCUT2D eigenvalue weighted by Crippen LogP contribution is 2.32. The molecular formula is C31H33N3O6S. The number of carbonyl (C=O) groups excluding carboxylic acids is 3. The maximum absolute atomic E-state index is 13.5. The van der Waals surface area contributed by atoms with E-state index in [1.54, 1.807) is 67.5 Å². The van der Waals surface area contributed by atoms with Crippen LogP contribution in [0.1, 0.15) is 36.2 Å². The van der Waals surface area contributed by atoms with Gasteiger partial charge in [-0.2, -0.15) is 0 Å². The molecule has 2 amide bonds. The summed E-state index contributed by atoms with van der Waals surface area (Å²) in [6.07, 6.45) is 0.596. The van der Waals surface area contributed by atoms with Gasteiger partial charge in [0.2, 0.25) is 11.8 Å². The quantitative estimate of drug-likeness (QED) is 0.285. The van der Waals surface area contributed by atoms with Crippen molar-refractivity contribution >= 4 is 46.1 Å². The molecule has 214 valence electrons. The minimum absolute atomic E-state index is 0.00341. The summed E-state index contributed by atoms with van der Waals surface area (Å²) in [5, 5.41) is 2.75. The van der Waals surface area contributed by atoms with Gasteiger partial charge in [-0.05, 0) is 86.5 Å². The zero-order valence-corrected chi connectivity index (χ0v) is 24.1. The number of anilines is 1. The first-order valence-corrected chi connectivity index (χ1v) is 14.3. The fourth-order valence-electron chi connectivity index (χ4n) is 4.14. The Labute approximate surface area is 243 Å². The van der Waals surface area contributed by atoms with Gasteiger partial charge in [0, 0.05) is 18.7 Å². The normalized spacial score (nSPS) is 15.6. The standard InChI is InChI=1S/C31H33N3O6S/c1-4-39-26-16-12-23(13-17-26)32-28(35)20-27-29(36)34(19-18-21-6-14-25(38-3)15-7-21)31(41-27)33-24-10-8-22(9-11-24)30(37)40-5-2/h6-17,27H,4-5,18-20H2,1-3H3,(H,32,35)/t27-/m0/s1. The third-order valence-electron chi connectivity index (χ3n) is 6.23. The van der Waals surface area contributed by atoms with Crippen molar-refractivity contribution < 1.29 is 28.6 Å². The molecule has 1 fully saturated rings. The number of esters is 1. The highest BCUT2D eigenvalue weighted by atomic mass is 32.2. The minimum atomic E-state index is -0.619. The molecule has 1 atom stereocenters. The van der Waals surface area contributed by atoms with Gasteiger partial charge < -0.3 is 19.5 Å². The predicted octanol–water partition coefficient (Wildman–Crippen LogP) is 5.47. The summed E-state index contributed by atoms with van der Waals surface area (Å²) in [7, 11) is 1.61. The van der Waals surface area contributed by atoms with Crippen molar-refractivity contribution in [2.75, 3.05) is 32.2 Å². The van der Waals surface area contributed by atoms with Crippen LogP contribution in [0, 0.1) is 0 Å². The number of methoxy groups -OCH3 is 1. The van der Waals surface area contributed by atoms with Crippen LogP contribution in [0.25, 0.3) is 0 Å². The van der Waals surface area contributed by atoms with Crippen molar-refractivity contribution in [3.63, 3.8) is 0 Å². The molecule has 0 bridgehead atoms. The van der Waals surface area contributed by atoms with Crippen molar-refractivity contribution in [2.45, 2.75) is 31.9 Å². The van der Waals surface area contributed by atoms with E-state index in [1.165, 1.54) is 11.8 Å². The molecule has 0 aromatic heterocycles. The average molecular weight is 576 g/mol. The summed E-state index contributed by atoms with van der Waals surface area (Å²) in [6.45, 7) is 4.90. The lowest BCUT2D eigenvalue weighted by Gasteiger charge is -2.17. The fraction of sp³-hybridized carbons (Fsp3) is 0.290. The Morgan fingerprint density at radius 2 is 1.61 bits per heavy atom. The number of rotatable bonds is 12. The fourth-order valence-corrected chi connectivity index (χ4v) is 5.33. The van der Waals surface area contributed by atoms with Crippen molar-refractivity contribution in [1.82, 2.24) is 4.90 Å². The lowest BCUT2D eigenvalue weighted by atomic mass is 10.1. The molecule has 3 aromatic rings. The van der Waals surface area contributed by atoms with Gasteiger partial charge in [0.1, 0.15) is 16.7 Å². The maximum atomic E-state index is 13.5. The molecule has 9 nitrogen and oxygen atoms in total. The molecule has 1 heterocycles. The van der Waals surface area contributed by atoms with Crippen LogP contribution in [0.3, 0.4) is 0 Å². The van der Waals surface area contributed by atoms with Crippen LogP contribution in [0.2, 0.25) is 0 Å². The van der Waals surface area contributed by atoms with Crippen LogP contribution < -0.4 is 14.8 Å². The number of carbonyl (C=O) groups is 3. The number of aliphatic imine (C=N–C) groups is 1. The number of hydrogen-bond donors (Lipinski definition) is 1. The van der Waals surface area contributed by atoms with Gasteiger partial charge in [0.15, 0.2) is 5.17 Å². The van der Waals surface area contributed by atoms with Crippen LogP contribution in [0.5, 0.6) is 11.5 Å². The Hall–Kier alpha value is -4.31. The minimum Gasteiger partial charge on any atom is -0.497 e. The molecule has 0 aliphatic carbocycles. The number of nitrogens with one attached hydrogen (secondary N) is 1. The highest BCUT2D eigenvalue weighted by Gasteiger charge is 2.39. The second kappa shape index (κ2) is 14.4. The summed E-state index contributed by atoms with van der Waals surface area (Å²) in [4.78, 5) is 44.7. The van der Waals surface area contributed by atoms with Gasteiger partial charge in [-0.3, -0.25) is 14.5 Å². The largest absolute Gasteiger partial charge is 0.497 e. The van der Waals surface area contributed by atoms with Crippen LogP contribution >= 0.6 is 11.8 Å². The zero-order valence-electron chi connectivity index (χ0n) is 23.3. The Balaban J connectivity index is 1.49. The molecule has 0 spiro atoms. The molecule has 1 aliphatic rings. The van der Waals surface area contributed by atoms with Crippen LogP contribution in [0.15, 0.2) is 77.8 Å². The number of amides is 2. The molecule has 1 saturated heterocycles. The molecule has 41 heavy (non-hydrogen) atoms. The Morgan fingerprint density at radius 1 is 0.927 bits per heavy atom. The van der Waals surface area contributed by atoms with Crippen molar-refractivity contribution in [3.8, 4) is 11.5 Å². The van der Waals surface area contributed by atoms with E-state index in [1.807, 2.05) is 31.2 Å². The topological polar surface area (TPSA) is 107 Å². The van der Waals surface area contributed by atoms with E-state index < -0.39 is 11.2 Å². The van der Waals surface area contributed by atoms with E-state index >= 15 is 0 Å². The maximum Gasteiger partial charge on any atom is 0.338 e. The average Bonchev–Trinajstić information content (AvgIpc) is 3.26. The first kappa shape index (κ1) is 29.7. The molecule has 3 aromatic carbocycles. The first-order valence-electron chi connectivity index (χ1n) is 13.4. The summed E-state index contributed by atoms with van der Waals surface area (Å²) >= 11 is 1.26. The molecule has 0 unspecified atom stereocenters. The second-order valence-electron chi connectivity index (χ2n) is 9.07. The smallest absolute Gasteiger partial charge is 0.338 e. The van der Waals surface area contributed by atoms with E-state index in [4.69, 9.17) is 19.2 Å². The Morgan fingerprint density at radius 3 is 2.24 bits per heavy atom. The second-order valence-corrected chi connectivity index (χ2v) is 10.2. The van der Waals surface area contributed by atoms with Gasteiger partial charge in [0.05, 0.1) is 31.6 Å². The molecule has 0 saturated carbocycles. The molecule has 1 aliphatic heterocycles. The zero-order chi connectivity index (χ0) is 29.2. The Kier molecular flexibility index (Phi) is 10.4. The molecule has 0 radical (unpaired) electrons. The van der Waals surface area contributed by atoms with Crippen molar-refractivity contribution in [3.05, 3.63) is 83.9 Å². The van der Waals surface area contributed by atoms with Crippen molar-refractivity contribution in [2.24, 2.45) is 4.99 Å². The number of hydrogen-bond acceptors (Lipinski definition) is 8. The van der Waals surface area contributed by atoms with E-state index in [0.29, 0.717) is 48.3 Å². The van der Waals surface area contributed by atoms with Gasteiger partial charge in [-0.25, -0.2) is 9.79 Å². The molecule has 4 rings (SSSR count). The van der Waals surface area contributed by atoms with Gasteiger partial charge in [-0.15, -0.1) is 0 Å². The van der Waals surface area contributed by atoms with Crippen LogP contribution in [-0.4, -0.2) is 60.0 Å². The summed E-state index contributed by atoms with van der Waals surface area (Å²) in [5.74, 6) is 0.628. The number of benzene rings is 3. The first-order chi connectivity index (χ1) is 19.9. The lowest BCUT2D eigenvalue weighted by molar-refractivity contribution is -0.128. The highest BCUT2D eigenvalue weighted by molar-refractivity contribution is 8.15. The van der Waals surface area contributed by atoms with Gasteiger partial charge in [-0.1, -0.05) is 23.9 Å². The lowest BCUT2D eigenvalue weighted by Crippen LogP contribution is -2.35. The monoisotopic (exact) mass is 575 g/mol. The van der Waals surface area contributed by atoms with E-state index in [9.17, 15) is 14.4 Å². The van der Waals surface area contributed by atoms with Gasteiger partial charge in [0.25, 0.3) is 0 Å². The number of amidine groups is 1. The van der Waals surface area contributed by atoms with E-state index in [2.05, 4.69) is 5.32 Å². The number of thioether (sulfide) groups is 1. The van der Waals surface area contributed by atoms with Crippen LogP contribution in [0.4, 0.5) is 11.4 Å². The van der Waals surface area contributed by atoms with Crippen LogP contribution in [-0.2, 0) is 20.7 Å².